The molecule has 0 saturated heterocycles. The molecule has 25 heavy (non-hydrogen) atoms. The van der Waals surface area contributed by atoms with Gasteiger partial charge >= 0.3 is 0 Å². The van der Waals surface area contributed by atoms with Crippen LogP contribution in [0.1, 0.15) is 44.0 Å². The van der Waals surface area contributed by atoms with Gasteiger partial charge in [-0.25, -0.2) is 0 Å². The van der Waals surface area contributed by atoms with Gasteiger partial charge < -0.3 is 14.7 Å². The Morgan fingerprint density at radius 2 is 2.20 bits per heavy atom. The number of para-hydroxylation sites is 1. The molecule has 1 amide bonds. The van der Waals surface area contributed by atoms with Crippen molar-refractivity contribution in [2.45, 2.75) is 52.0 Å². The molecule has 0 fully saturated rings. The number of benzene rings is 1. The first-order valence-corrected chi connectivity index (χ1v) is 9.10. The number of rotatable bonds is 8. The molecule has 1 aromatic heterocycles. The largest absolute Gasteiger partial charge is 0.366 e. The van der Waals surface area contributed by atoms with Gasteiger partial charge in [-0.2, -0.15) is 4.98 Å². The molecule has 0 radical (unpaired) electrons. The first-order valence-electron chi connectivity index (χ1n) is 9.10. The molecule has 2 aromatic rings. The number of amides is 1. The second kappa shape index (κ2) is 8.14. The highest BCUT2D eigenvalue weighted by molar-refractivity contribution is 5.76. The lowest BCUT2D eigenvalue weighted by Gasteiger charge is -2.27. The normalized spacial score (nSPS) is 14.4. The van der Waals surface area contributed by atoms with E-state index in [-0.39, 0.29) is 11.9 Å². The second-order valence-electron chi connectivity index (χ2n) is 6.58. The van der Waals surface area contributed by atoms with Crippen LogP contribution in [-0.2, 0) is 24.1 Å². The van der Waals surface area contributed by atoms with Gasteiger partial charge in [0.25, 0.3) is 0 Å². The van der Waals surface area contributed by atoms with E-state index in [1.807, 2.05) is 0 Å². The first-order chi connectivity index (χ1) is 12.2. The van der Waals surface area contributed by atoms with Gasteiger partial charge in [-0.1, -0.05) is 30.3 Å². The molecule has 1 aromatic carbocycles. The molecular formula is C19H26N4O2. The molecule has 1 unspecified atom stereocenters. The van der Waals surface area contributed by atoms with E-state index >= 15 is 0 Å². The predicted octanol–water partition coefficient (Wildman–Crippen LogP) is 2.52. The molecule has 134 valence electrons. The fourth-order valence-electron chi connectivity index (χ4n) is 3.22. The van der Waals surface area contributed by atoms with Crippen LogP contribution in [0.5, 0.6) is 0 Å². The van der Waals surface area contributed by atoms with Gasteiger partial charge in [-0.15, -0.1) is 0 Å². The van der Waals surface area contributed by atoms with Crippen LogP contribution in [0.15, 0.2) is 28.8 Å². The Bertz CT molecular complexity index is 713. The number of hydrogen-bond donors (Lipinski definition) is 1. The van der Waals surface area contributed by atoms with E-state index < -0.39 is 0 Å². The summed E-state index contributed by atoms with van der Waals surface area (Å²) in [6, 6.07) is 8.76. The number of nitrogens with one attached hydrogen (secondary N) is 1. The average Bonchev–Trinajstić information content (AvgIpc) is 3.25. The third-order valence-electron chi connectivity index (χ3n) is 4.60. The molecular weight excluding hydrogens is 316 g/mol. The van der Waals surface area contributed by atoms with Crippen molar-refractivity contribution in [3.63, 3.8) is 0 Å². The molecule has 1 N–H and O–H groups in total. The number of carbonyl (C=O) groups excluding carboxylic acids is 1. The number of anilines is 1. The van der Waals surface area contributed by atoms with Crippen molar-refractivity contribution in [1.29, 1.82) is 0 Å². The number of fused-ring (bicyclic) bond motifs is 1. The van der Waals surface area contributed by atoms with Crippen LogP contribution in [-0.4, -0.2) is 35.2 Å². The third-order valence-corrected chi connectivity index (χ3v) is 4.60. The maximum absolute atomic E-state index is 12.1. The SMILES string of the molecule is CCCc1noc(CCC(=O)NCC(C)N2CCc3ccccc32)n1. The number of hydrogen-bond acceptors (Lipinski definition) is 5. The molecule has 0 aliphatic carbocycles. The van der Waals surface area contributed by atoms with E-state index in [9.17, 15) is 4.79 Å². The van der Waals surface area contributed by atoms with Crippen molar-refractivity contribution in [2.24, 2.45) is 0 Å². The fourth-order valence-corrected chi connectivity index (χ4v) is 3.22. The Kier molecular flexibility index (Phi) is 5.68. The molecule has 0 bridgehead atoms. The minimum atomic E-state index is 0.0228. The summed E-state index contributed by atoms with van der Waals surface area (Å²) in [7, 11) is 0. The molecule has 1 aliphatic heterocycles. The van der Waals surface area contributed by atoms with Crippen LogP contribution < -0.4 is 10.2 Å². The maximum Gasteiger partial charge on any atom is 0.227 e. The minimum Gasteiger partial charge on any atom is -0.366 e. The Balaban J connectivity index is 1.43. The Morgan fingerprint density at radius 1 is 1.36 bits per heavy atom. The molecule has 0 spiro atoms. The predicted molar refractivity (Wildman–Crippen MR) is 96.6 cm³/mol. The van der Waals surface area contributed by atoms with Crippen molar-refractivity contribution < 1.29 is 9.32 Å². The van der Waals surface area contributed by atoms with Crippen LogP contribution in [0, 0.1) is 0 Å². The topological polar surface area (TPSA) is 71.3 Å². The molecule has 1 atom stereocenters. The first kappa shape index (κ1) is 17.5. The summed E-state index contributed by atoms with van der Waals surface area (Å²) in [5.74, 6) is 1.29. The fraction of sp³-hybridized carbons (Fsp3) is 0.526. The molecule has 0 saturated carbocycles. The molecule has 2 heterocycles. The van der Waals surface area contributed by atoms with Gasteiger partial charge in [0.2, 0.25) is 11.8 Å². The number of nitrogens with zero attached hydrogens (tertiary/aromatic N) is 3. The average molecular weight is 342 g/mol. The highest BCUT2D eigenvalue weighted by Gasteiger charge is 2.23. The molecule has 3 rings (SSSR count). The van der Waals surface area contributed by atoms with E-state index in [0.29, 0.717) is 25.3 Å². The summed E-state index contributed by atoms with van der Waals surface area (Å²) in [6.45, 7) is 5.87. The zero-order valence-electron chi connectivity index (χ0n) is 15.0. The number of aromatic nitrogens is 2. The zero-order chi connectivity index (χ0) is 17.6. The van der Waals surface area contributed by atoms with Crippen LogP contribution in [0.3, 0.4) is 0 Å². The standard InChI is InChI=1S/C19H26N4O2/c1-3-6-17-21-19(25-22-17)10-9-18(24)20-13-14(2)23-12-11-15-7-4-5-8-16(15)23/h4-5,7-8,14H,3,6,9-13H2,1-2H3,(H,20,24). The highest BCUT2D eigenvalue weighted by atomic mass is 16.5. The lowest BCUT2D eigenvalue weighted by molar-refractivity contribution is -0.121. The summed E-state index contributed by atoms with van der Waals surface area (Å²) in [5.41, 5.74) is 2.68. The van der Waals surface area contributed by atoms with Crippen LogP contribution in [0.25, 0.3) is 0 Å². The van der Waals surface area contributed by atoms with Gasteiger partial charge in [0.05, 0.1) is 0 Å². The molecule has 6 nitrogen and oxygen atoms in total. The van der Waals surface area contributed by atoms with Crippen LogP contribution in [0.4, 0.5) is 5.69 Å². The third kappa shape index (κ3) is 4.38. The quantitative estimate of drug-likeness (QED) is 0.798. The van der Waals surface area contributed by atoms with Crippen LogP contribution >= 0.6 is 0 Å². The van der Waals surface area contributed by atoms with Crippen molar-refractivity contribution in [1.82, 2.24) is 15.5 Å². The molecule has 1 aliphatic rings. The van der Waals surface area contributed by atoms with Gasteiger partial charge in [0.15, 0.2) is 5.82 Å². The maximum atomic E-state index is 12.1. The summed E-state index contributed by atoms with van der Waals surface area (Å²) < 4.78 is 5.16. The van der Waals surface area contributed by atoms with Gasteiger partial charge in [-0.05, 0) is 31.4 Å². The Morgan fingerprint density at radius 3 is 3.04 bits per heavy atom. The Hall–Kier alpha value is -2.37. The summed E-state index contributed by atoms with van der Waals surface area (Å²) in [6.07, 6.45) is 3.73. The van der Waals surface area contributed by atoms with E-state index in [4.69, 9.17) is 4.52 Å². The van der Waals surface area contributed by atoms with E-state index in [2.05, 4.69) is 58.5 Å². The summed E-state index contributed by atoms with van der Waals surface area (Å²) in [5, 5.41) is 6.93. The van der Waals surface area contributed by atoms with Gasteiger partial charge in [0, 0.05) is 44.1 Å². The summed E-state index contributed by atoms with van der Waals surface area (Å²) >= 11 is 0. The second-order valence-corrected chi connectivity index (χ2v) is 6.58. The van der Waals surface area contributed by atoms with Gasteiger partial charge in [-0.3, -0.25) is 4.79 Å². The lowest BCUT2D eigenvalue weighted by Crippen LogP contribution is -2.41. The van der Waals surface area contributed by atoms with E-state index in [1.165, 1.54) is 11.3 Å². The minimum absolute atomic E-state index is 0.0228. The number of carbonyl (C=O) groups is 1. The van der Waals surface area contributed by atoms with E-state index in [1.54, 1.807) is 0 Å². The monoisotopic (exact) mass is 342 g/mol. The van der Waals surface area contributed by atoms with Crippen molar-refractivity contribution in [3.05, 3.63) is 41.5 Å². The lowest BCUT2D eigenvalue weighted by atomic mass is 10.2. The summed E-state index contributed by atoms with van der Waals surface area (Å²) in [4.78, 5) is 18.7. The van der Waals surface area contributed by atoms with Crippen molar-refractivity contribution in [3.8, 4) is 0 Å². The van der Waals surface area contributed by atoms with Crippen LogP contribution in [0.2, 0.25) is 0 Å². The van der Waals surface area contributed by atoms with E-state index in [0.717, 1.165) is 31.6 Å². The van der Waals surface area contributed by atoms with Crippen molar-refractivity contribution in [2.75, 3.05) is 18.0 Å². The van der Waals surface area contributed by atoms with Crippen molar-refractivity contribution >= 4 is 11.6 Å². The van der Waals surface area contributed by atoms with Gasteiger partial charge in [0.1, 0.15) is 0 Å². The zero-order valence-corrected chi connectivity index (χ0v) is 15.0. The molecule has 6 heteroatoms. The smallest absolute Gasteiger partial charge is 0.227 e. The Labute approximate surface area is 148 Å². The number of aryl methyl sites for hydroxylation is 2. The highest BCUT2D eigenvalue weighted by Crippen LogP contribution is 2.28.